The molecule has 0 aromatic heterocycles. The number of hydrogen-bond acceptors (Lipinski definition) is 1. The minimum absolute atomic E-state index is 0. The van der Waals surface area contributed by atoms with E-state index >= 15 is 0 Å². The van der Waals surface area contributed by atoms with Crippen LogP contribution in [0.4, 0.5) is 0 Å². The molecule has 0 aromatic carbocycles. The molecule has 2 rings (SSSR count). The molecule has 1 nitrogen and oxygen atoms in total. The summed E-state index contributed by atoms with van der Waals surface area (Å²) in [6, 6.07) is 0. The first-order valence-electron chi connectivity index (χ1n) is 4.02. The first-order valence-corrected chi connectivity index (χ1v) is 5.58. The van der Waals surface area contributed by atoms with Gasteiger partial charge in [0.15, 0.2) is 0 Å². The van der Waals surface area contributed by atoms with Crippen LogP contribution in [0.15, 0.2) is 0 Å². The first kappa shape index (κ1) is 14.7. The van der Waals surface area contributed by atoms with Crippen LogP contribution in [0.3, 0.4) is 0 Å². The Balaban J connectivity index is 0.000000246. The number of hydrogen-bond donors (Lipinski definition) is 0. The van der Waals surface area contributed by atoms with Crippen molar-refractivity contribution in [2.45, 2.75) is 0 Å². The fourth-order valence-electron chi connectivity index (χ4n) is 0.869. The van der Waals surface area contributed by atoms with Crippen LogP contribution < -0.4 is 0 Å². The van der Waals surface area contributed by atoms with Crippen molar-refractivity contribution in [3.63, 3.8) is 0 Å². The standard InChI is InChI=1S/C6H7OS.C5H5.Fe/c1-8(7)6-4-2-3-5-6;1-2-4-5-3-1;/h2-5H,1H3;1-5H;/t8-;;/m1../s1. The molecule has 0 spiro atoms. The monoisotopic (exact) mass is 248 g/mol. The zero-order valence-electron chi connectivity index (χ0n) is 7.87. The molecular weight excluding hydrogens is 236 g/mol. The average Bonchev–Trinajstić information content (AvgIpc) is 2.82. The van der Waals surface area contributed by atoms with E-state index in [0.717, 1.165) is 5.25 Å². The SMILES string of the molecule is C[S@@](=O)[C]1[CH][CH][CH][CH]1.[CH]1[CH][CH][CH][CH]1.[Fe]. The van der Waals surface area contributed by atoms with Gasteiger partial charge in [0.1, 0.15) is 0 Å². The van der Waals surface area contributed by atoms with E-state index in [1.165, 1.54) is 0 Å². The second-order valence-electron chi connectivity index (χ2n) is 2.54. The maximum atomic E-state index is 10.6. The third-order valence-corrected chi connectivity index (χ3v) is 2.46. The molecule has 3 heteroatoms. The molecule has 0 heterocycles. The van der Waals surface area contributed by atoms with Gasteiger partial charge < -0.3 is 0 Å². The molecule has 0 saturated heterocycles. The summed E-state index contributed by atoms with van der Waals surface area (Å²) in [7, 11) is -0.798. The van der Waals surface area contributed by atoms with Crippen LogP contribution in [0.25, 0.3) is 0 Å². The Morgan fingerprint density at radius 1 is 0.857 bits per heavy atom. The van der Waals surface area contributed by atoms with Gasteiger partial charge in [0.05, 0.1) is 5.25 Å². The van der Waals surface area contributed by atoms with E-state index in [1.807, 2.05) is 57.8 Å². The molecule has 76 valence electrons. The van der Waals surface area contributed by atoms with E-state index in [1.54, 1.807) is 6.26 Å². The van der Waals surface area contributed by atoms with Gasteiger partial charge in [0.25, 0.3) is 0 Å². The van der Waals surface area contributed by atoms with Crippen LogP contribution in [0.2, 0.25) is 0 Å². The fourth-order valence-corrected chi connectivity index (χ4v) is 1.41. The molecule has 2 fully saturated rings. The van der Waals surface area contributed by atoms with Crippen molar-refractivity contribution < 1.29 is 21.3 Å². The van der Waals surface area contributed by atoms with E-state index < -0.39 is 10.8 Å². The third-order valence-electron chi connectivity index (χ3n) is 1.52. The molecule has 14 heavy (non-hydrogen) atoms. The van der Waals surface area contributed by atoms with Crippen molar-refractivity contribution in [3.8, 4) is 0 Å². The van der Waals surface area contributed by atoms with Crippen LogP contribution in [0.1, 0.15) is 0 Å². The summed E-state index contributed by atoms with van der Waals surface area (Å²) >= 11 is 0. The predicted molar refractivity (Wildman–Crippen MR) is 56.0 cm³/mol. The van der Waals surface area contributed by atoms with E-state index in [9.17, 15) is 4.21 Å². The van der Waals surface area contributed by atoms with Gasteiger partial charge in [-0.1, -0.05) is 0 Å². The molecule has 0 aromatic rings. The van der Waals surface area contributed by atoms with E-state index in [2.05, 4.69) is 0 Å². The smallest absolute Gasteiger partial charge is 0.0701 e. The molecule has 2 saturated carbocycles. The summed E-state index contributed by atoms with van der Waals surface area (Å²) in [6.07, 6.45) is 19.2. The molecule has 10 radical (unpaired) electrons. The zero-order valence-corrected chi connectivity index (χ0v) is 9.79. The Morgan fingerprint density at radius 2 is 1.21 bits per heavy atom. The summed E-state index contributed by atoms with van der Waals surface area (Å²) in [6.45, 7) is 0. The third kappa shape index (κ3) is 6.21. The van der Waals surface area contributed by atoms with Crippen LogP contribution in [-0.2, 0) is 27.9 Å². The summed E-state index contributed by atoms with van der Waals surface area (Å²) < 4.78 is 10.6. The fraction of sp³-hybridized carbons (Fsp3) is 0.0909. The Labute approximate surface area is 101 Å². The molecule has 0 aliphatic heterocycles. The Morgan fingerprint density at radius 3 is 1.43 bits per heavy atom. The second-order valence-corrected chi connectivity index (χ2v) is 3.92. The van der Waals surface area contributed by atoms with Gasteiger partial charge in [-0.2, -0.15) is 0 Å². The van der Waals surface area contributed by atoms with Crippen molar-refractivity contribution in [1.82, 2.24) is 0 Å². The van der Waals surface area contributed by atoms with Gasteiger partial charge in [0.2, 0.25) is 0 Å². The maximum absolute atomic E-state index is 10.6. The maximum Gasteiger partial charge on any atom is 0.0701 e. The molecular formula is C11H12FeOS. The second kappa shape index (κ2) is 8.94. The van der Waals surface area contributed by atoms with Crippen LogP contribution in [0, 0.1) is 63.0 Å². The van der Waals surface area contributed by atoms with Gasteiger partial charge in [0, 0.05) is 34.1 Å². The van der Waals surface area contributed by atoms with Crippen molar-refractivity contribution in [2.75, 3.05) is 6.26 Å². The Hall–Kier alpha value is 0.669. The summed E-state index contributed by atoms with van der Waals surface area (Å²) in [5.74, 6) is 0. The van der Waals surface area contributed by atoms with E-state index in [-0.39, 0.29) is 17.1 Å². The average molecular weight is 248 g/mol. The summed E-state index contributed by atoms with van der Waals surface area (Å²) in [5.41, 5.74) is 0. The molecule has 2 aliphatic carbocycles. The molecule has 0 unspecified atom stereocenters. The summed E-state index contributed by atoms with van der Waals surface area (Å²) in [5, 5.41) is 0.907. The van der Waals surface area contributed by atoms with Gasteiger partial charge in [-0.25, -0.2) is 0 Å². The molecule has 0 bridgehead atoms. The normalized spacial score (nSPS) is 23.5. The van der Waals surface area contributed by atoms with E-state index in [4.69, 9.17) is 0 Å². The number of rotatable bonds is 1. The van der Waals surface area contributed by atoms with Crippen molar-refractivity contribution in [2.24, 2.45) is 0 Å². The Bertz CT molecular complexity index is 144. The zero-order chi connectivity index (χ0) is 9.52. The largest absolute Gasteiger partial charge is 0.259 e. The van der Waals surface area contributed by atoms with Gasteiger partial charge >= 0.3 is 0 Å². The van der Waals surface area contributed by atoms with E-state index in [0.29, 0.717) is 0 Å². The minimum atomic E-state index is -0.798. The van der Waals surface area contributed by atoms with Crippen LogP contribution in [-0.4, -0.2) is 10.5 Å². The first-order chi connectivity index (χ1) is 6.30. The molecule has 1 atom stereocenters. The topological polar surface area (TPSA) is 17.1 Å². The molecule has 0 N–H and O–H groups in total. The van der Waals surface area contributed by atoms with Gasteiger partial charge in [-0.3, -0.25) is 4.21 Å². The van der Waals surface area contributed by atoms with Crippen molar-refractivity contribution in [3.05, 3.63) is 63.0 Å². The Kier molecular flexibility index (Phi) is 9.36. The van der Waals surface area contributed by atoms with Crippen molar-refractivity contribution in [1.29, 1.82) is 0 Å². The van der Waals surface area contributed by atoms with Crippen LogP contribution >= 0.6 is 0 Å². The van der Waals surface area contributed by atoms with Gasteiger partial charge in [-0.05, 0) is 57.8 Å². The van der Waals surface area contributed by atoms with Gasteiger partial charge in [-0.15, -0.1) is 0 Å². The quantitative estimate of drug-likeness (QED) is 0.646. The molecule has 0 amide bonds. The van der Waals surface area contributed by atoms with Crippen LogP contribution in [0.5, 0.6) is 0 Å². The minimum Gasteiger partial charge on any atom is -0.259 e. The van der Waals surface area contributed by atoms with Crippen molar-refractivity contribution >= 4 is 10.8 Å². The summed E-state index contributed by atoms with van der Waals surface area (Å²) in [4.78, 5) is 0. The predicted octanol–water partition coefficient (Wildman–Crippen LogP) is 1.75. The molecule has 2 aliphatic rings.